The summed E-state index contributed by atoms with van der Waals surface area (Å²) in [4.78, 5) is 1.06. The normalized spacial score (nSPS) is 12.9. The first-order valence-corrected chi connectivity index (χ1v) is 9.27. The van der Waals surface area contributed by atoms with E-state index in [1.807, 2.05) is 49.7 Å². The van der Waals surface area contributed by atoms with Crippen molar-refractivity contribution in [2.45, 2.75) is 33.2 Å². The first kappa shape index (κ1) is 20.3. The van der Waals surface area contributed by atoms with Crippen LogP contribution in [0, 0.1) is 18.6 Å². The van der Waals surface area contributed by atoms with Gasteiger partial charge in [0.25, 0.3) is 0 Å². The number of nitrogens with zero attached hydrogens (tertiary/aromatic N) is 3. The summed E-state index contributed by atoms with van der Waals surface area (Å²) in [6, 6.07) is 13.3. The topological polar surface area (TPSA) is 27.2 Å². The van der Waals surface area contributed by atoms with Gasteiger partial charge in [0, 0.05) is 11.3 Å². The van der Waals surface area contributed by atoms with Crippen molar-refractivity contribution < 1.29 is 18.1 Å². The molecule has 0 radical (unpaired) electrons. The molecule has 1 atom stereocenters. The highest BCUT2D eigenvalue weighted by Gasteiger charge is 2.30. The first-order valence-electron chi connectivity index (χ1n) is 8.86. The zero-order chi connectivity index (χ0) is 20.5. The van der Waals surface area contributed by atoms with Crippen LogP contribution in [-0.2, 0) is 19.4 Å². The Bertz CT molecular complexity index is 1000. The lowest BCUT2D eigenvalue weighted by Gasteiger charge is -2.14. The molecule has 0 saturated heterocycles. The zero-order valence-electron chi connectivity index (χ0n) is 15.9. The van der Waals surface area contributed by atoms with Crippen LogP contribution >= 0.6 is 12.2 Å². The summed E-state index contributed by atoms with van der Waals surface area (Å²) in [6.45, 7) is 5.01. The molecule has 3 aromatic rings. The summed E-state index contributed by atoms with van der Waals surface area (Å²) >= 11 is 5.59. The van der Waals surface area contributed by atoms with Gasteiger partial charge in [-0.15, -0.1) is 0 Å². The van der Waals surface area contributed by atoms with Crippen molar-refractivity contribution in [3.05, 3.63) is 75.8 Å². The van der Waals surface area contributed by atoms with Gasteiger partial charge in [0.1, 0.15) is 12.4 Å². The van der Waals surface area contributed by atoms with Crippen LogP contribution in [0.1, 0.15) is 22.5 Å². The maximum absolute atomic E-state index is 12.7. The van der Waals surface area contributed by atoms with Gasteiger partial charge in [-0.2, -0.15) is 23.0 Å². The Morgan fingerprint density at radius 1 is 1.00 bits per heavy atom. The predicted octanol–water partition coefficient (Wildman–Crippen LogP) is 3.71. The van der Waals surface area contributed by atoms with Crippen LogP contribution in [-0.4, -0.2) is 21.4 Å². The second kappa shape index (κ2) is 7.89. The second-order valence-corrected chi connectivity index (χ2v) is 7.35. The number of halogens is 3. The van der Waals surface area contributed by atoms with Gasteiger partial charge in [-0.05, 0) is 50.3 Å². The Balaban J connectivity index is 1.74. The molecule has 0 aliphatic heterocycles. The number of aromatic nitrogens is 3. The highest BCUT2D eigenvalue weighted by molar-refractivity contribution is 7.71. The third-order valence-corrected chi connectivity index (χ3v) is 4.89. The Kier molecular flexibility index (Phi) is 5.71. The van der Waals surface area contributed by atoms with E-state index in [2.05, 4.69) is 5.10 Å². The minimum Gasteiger partial charge on any atom is -0.315 e. The van der Waals surface area contributed by atoms with Gasteiger partial charge < -0.3 is 4.90 Å². The predicted molar refractivity (Wildman–Crippen MR) is 104 cm³/mol. The number of rotatable bonds is 5. The number of quaternary nitrogens is 1. The first-order chi connectivity index (χ1) is 13.1. The standard InChI is InChI=1S/C20H21F3N4S/c1-14-4-10-18(11-5-14)27-15(2)24-26(19(27)28)13-25(3)12-16-6-8-17(9-7-16)20(21,22)23/h4-11H,12-13H2,1-3H3/p+1. The van der Waals surface area contributed by atoms with Crippen LogP contribution in [0.4, 0.5) is 13.2 Å². The van der Waals surface area contributed by atoms with Crippen molar-refractivity contribution in [3.63, 3.8) is 0 Å². The van der Waals surface area contributed by atoms with E-state index in [1.165, 1.54) is 17.7 Å². The fourth-order valence-corrected chi connectivity index (χ4v) is 3.42. The van der Waals surface area contributed by atoms with Gasteiger partial charge in [-0.3, -0.25) is 4.57 Å². The lowest BCUT2D eigenvalue weighted by molar-refractivity contribution is -0.917. The number of nitrogens with one attached hydrogen (secondary N) is 1. The van der Waals surface area contributed by atoms with Crippen molar-refractivity contribution >= 4 is 12.2 Å². The van der Waals surface area contributed by atoms with Crippen LogP contribution in [0.25, 0.3) is 5.69 Å². The van der Waals surface area contributed by atoms with Crippen molar-refractivity contribution in [2.75, 3.05) is 7.05 Å². The molecule has 3 rings (SSSR count). The summed E-state index contributed by atoms with van der Waals surface area (Å²) in [5.41, 5.74) is 2.32. The average molecular weight is 407 g/mol. The molecule has 4 nitrogen and oxygen atoms in total. The summed E-state index contributed by atoms with van der Waals surface area (Å²) in [5.74, 6) is 0.788. The maximum Gasteiger partial charge on any atom is 0.416 e. The van der Waals surface area contributed by atoms with E-state index in [0.717, 1.165) is 34.1 Å². The van der Waals surface area contributed by atoms with Crippen LogP contribution < -0.4 is 4.90 Å². The Morgan fingerprint density at radius 3 is 2.18 bits per heavy atom. The molecule has 28 heavy (non-hydrogen) atoms. The van der Waals surface area contributed by atoms with E-state index >= 15 is 0 Å². The highest BCUT2D eigenvalue weighted by Crippen LogP contribution is 2.28. The number of hydrogen-bond donors (Lipinski definition) is 1. The SMILES string of the molecule is Cc1ccc(-n2c(C)nn(C[NH+](C)Cc3ccc(C(F)(F)F)cc3)c2=S)cc1. The molecule has 0 amide bonds. The van der Waals surface area contributed by atoms with Crippen LogP contribution in [0.15, 0.2) is 48.5 Å². The third kappa shape index (κ3) is 4.51. The Hall–Kier alpha value is -2.45. The van der Waals surface area contributed by atoms with Crippen LogP contribution in [0.5, 0.6) is 0 Å². The minimum atomic E-state index is -4.31. The smallest absolute Gasteiger partial charge is 0.315 e. The van der Waals surface area contributed by atoms with Crippen molar-refractivity contribution in [3.8, 4) is 5.69 Å². The van der Waals surface area contributed by atoms with E-state index in [1.54, 1.807) is 4.68 Å². The largest absolute Gasteiger partial charge is 0.416 e. The molecule has 1 N–H and O–H groups in total. The summed E-state index contributed by atoms with van der Waals surface area (Å²) in [7, 11) is 1.96. The molecule has 2 aromatic carbocycles. The van der Waals surface area contributed by atoms with Gasteiger partial charge >= 0.3 is 6.18 Å². The Labute approximate surface area is 166 Å². The summed E-state index contributed by atoms with van der Waals surface area (Å²) in [5, 5.41) is 4.54. The van der Waals surface area contributed by atoms with Crippen molar-refractivity contribution in [1.29, 1.82) is 0 Å². The maximum atomic E-state index is 12.7. The molecule has 1 heterocycles. The van der Waals surface area contributed by atoms with Crippen LogP contribution in [0.3, 0.4) is 0 Å². The summed E-state index contributed by atoms with van der Waals surface area (Å²) in [6.07, 6.45) is -4.31. The van der Waals surface area contributed by atoms with Crippen molar-refractivity contribution in [1.82, 2.24) is 14.3 Å². The van der Waals surface area contributed by atoms with E-state index in [0.29, 0.717) is 18.0 Å². The summed E-state index contributed by atoms with van der Waals surface area (Å²) < 4.78 is 42.3. The molecule has 148 valence electrons. The van der Waals surface area contributed by atoms with E-state index in [9.17, 15) is 13.2 Å². The average Bonchev–Trinajstić information content (AvgIpc) is 2.89. The van der Waals surface area contributed by atoms with Gasteiger partial charge in [0.05, 0.1) is 12.6 Å². The second-order valence-electron chi connectivity index (χ2n) is 6.99. The molecule has 0 fully saturated rings. The zero-order valence-corrected chi connectivity index (χ0v) is 16.7. The lowest BCUT2D eigenvalue weighted by Crippen LogP contribution is -3.07. The quantitative estimate of drug-likeness (QED) is 0.653. The number of benzene rings is 2. The highest BCUT2D eigenvalue weighted by atomic mass is 32.1. The van der Waals surface area contributed by atoms with Crippen LogP contribution in [0.2, 0.25) is 0 Å². The number of hydrogen-bond acceptors (Lipinski definition) is 2. The molecular weight excluding hydrogens is 385 g/mol. The molecular formula is C20H22F3N4S+. The molecule has 0 bridgehead atoms. The van der Waals surface area contributed by atoms with Gasteiger partial charge in [0.15, 0.2) is 6.67 Å². The van der Waals surface area contributed by atoms with Gasteiger partial charge in [-0.1, -0.05) is 29.8 Å². The Morgan fingerprint density at radius 2 is 1.61 bits per heavy atom. The molecule has 8 heteroatoms. The minimum absolute atomic E-state index is 0.513. The van der Waals surface area contributed by atoms with E-state index in [4.69, 9.17) is 12.2 Å². The number of aryl methyl sites for hydroxylation is 2. The molecule has 1 unspecified atom stereocenters. The van der Waals surface area contributed by atoms with Crippen molar-refractivity contribution in [2.24, 2.45) is 0 Å². The molecule has 0 saturated carbocycles. The fourth-order valence-electron chi connectivity index (χ4n) is 3.08. The lowest BCUT2D eigenvalue weighted by atomic mass is 10.1. The van der Waals surface area contributed by atoms with Gasteiger partial charge in [-0.25, -0.2) is 0 Å². The fraction of sp³-hybridized carbons (Fsp3) is 0.300. The molecule has 0 aliphatic rings. The van der Waals surface area contributed by atoms with E-state index < -0.39 is 11.7 Å². The van der Waals surface area contributed by atoms with Gasteiger partial charge in [0.2, 0.25) is 4.77 Å². The third-order valence-electron chi connectivity index (χ3n) is 4.50. The monoisotopic (exact) mass is 407 g/mol. The molecule has 1 aromatic heterocycles. The molecule has 0 aliphatic carbocycles. The molecule has 0 spiro atoms. The number of alkyl halides is 3. The van der Waals surface area contributed by atoms with E-state index in [-0.39, 0.29) is 0 Å².